The number of rotatable bonds is 2. The molecule has 0 aromatic carbocycles. The molecule has 0 spiro atoms. The lowest BCUT2D eigenvalue weighted by Crippen LogP contribution is -2.14. The van der Waals surface area contributed by atoms with E-state index < -0.39 is 5.56 Å². The van der Waals surface area contributed by atoms with Gasteiger partial charge in [0, 0.05) is 0 Å². The summed E-state index contributed by atoms with van der Waals surface area (Å²) in [6.45, 7) is 0. The van der Waals surface area contributed by atoms with E-state index in [0.29, 0.717) is 11.3 Å². The molecule has 2 aromatic heterocycles. The second-order valence-electron chi connectivity index (χ2n) is 2.69. The Morgan fingerprint density at radius 3 is 3.07 bits per heavy atom. The van der Waals surface area contributed by atoms with Gasteiger partial charge in [0.1, 0.15) is 5.82 Å². The topological polar surface area (TPSA) is 110 Å². The molecule has 0 unspecified atom stereocenters. The smallest absolute Gasteiger partial charge is 0.280 e. The number of nitrogens with two attached hydrogens (primary N) is 1. The number of halogens is 1. The summed E-state index contributed by atoms with van der Waals surface area (Å²) in [5.74, 6) is 0.527. The van der Waals surface area contributed by atoms with Crippen LogP contribution in [0.3, 0.4) is 0 Å². The monoisotopic (exact) mass is 270 g/mol. The molecular weight excluding hydrogens is 264 g/mol. The summed E-state index contributed by atoms with van der Waals surface area (Å²) in [4.78, 5) is 25.6. The van der Waals surface area contributed by atoms with Crippen LogP contribution in [0.2, 0.25) is 0 Å². The van der Waals surface area contributed by atoms with Gasteiger partial charge in [-0.05, 0) is 0 Å². The molecule has 0 radical (unpaired) electrons. The molecule has 0 bridgehead atoms. The Balaban J connectivity index is 2.66. The molecule has 0 saturated heterocycles. The van der Waals surface area contributed by atoms with Gasteiger partial charge in [0.2, 0.25) is 5.95 Å². The highest BCUT2D eigenvalue weighted by Crippen LogP contribution is 2.06. The van der Waals surface area contributed by atoms with Gasteiger partial charge in [-0.25, -0.2) is 9.97 Å². The number of fused-ring (bicyclic) bond motifs is 1. The van der Waals surface area contributed by atoms with Crippen LogP contribution in [0.25, 0.3) is 11.2 Å². The van der Waals surface area contributed by atoms with Crippen LogP contribution in [0.5, 0.6) is 0 Å². The maximum absolute atomic E-state index is 11.4. The number of alkyl halides is 1. The van der Waals surface area contributed by atoms with Gasteiger partial charge < -0.3 is 11.1 Å². The number of hydrogen-bond acceptors (Lipinski definition) is 6. The van der Waals surface area contributed by atoms with Crippen LogP contribution < -0.4 is 16.6 Å². The summed E-state index contributed by atoms with van der Waals surface area (Å²) in [7, 11) is 0. The standard InChI is InChI=1S/C7H7BrN6O/c8-2-11-3-1-10-5-4(12-3)6(15)14-7(9)13-5/h1H,2H2,(H,11,12)(H3,9,10,13,14,15). The molecule has 0 amide bonds. The molecule has 0 aliphatic rings. The minimum Gasteiger partial charge on any atom is -0.369 e. The van der Waals surface area contributed by atoms with Crippen molar-refractivity contribution in [2.45, 2.75) is 0 Å². The quantitative estimate of drug-likeness (QED) is 0.526. The van der Waals surface area contributed by atoms with Crippen LogP contribution in [0.15, 0.2) is 11.0 Å². The van der Waals surface area contributed by atoms with Crippen LogP contribution in [-0.2, 0) is 0 Å². The second-order valence-corrected chi connectivity index (χ2v) is 3.25. The van der Waals surface area contributed by atoms with Crippen molar-refractivity contribution in [2.75, 3.05) is 16.5 Å². The molecule has 2 aromatic rings. The van der Waals surface area contributed by atoms with E-state index in [2.05, 4.69) is 41.2 Å². The number of aromatic amines is 1. The first-order valence-corrected chi connectivity index (χ1v) is 5.15. The lowest BCUT2D eigenvalue weighted by molar-refractivity contribution is 1.12. The summed E-state index contributed by atoms with van der Waals surface area (Å²) in [5, 5.41) is 2.87. The molecule has 0 fully saturated rings. The Kier molecular flexibility index (Phi) is 2.50. The second kappa shape index (κ2) is 3.81. The van der Waals surface area contributed by atoms with Gasteiger partial charge in [-0.3, -0.25) is 9.78 Å². The lowest BCUT2D eigenvalue weighted by Gasteiger charge is -2.01. The predicted octanol–water partition coefficient (Wildman–Crippen LogP) is 0.0596. The summed E-state index contributed by atoms with van der Waals surface area (Å²) in [6.07, 6.45) is 1.48. The minimum absolute atomic E-state index is 0.0306. The molecule has 8 heteroatoms. The third-order valence-corrected chi connectivity index (χ3v) is 1.96. The van der Waals surface area contributed by atoms with E-state index in [1.54, 1.807) is 0 Å². The van der Waals surface area contributed by atoms with E-state index in [9.17, 15) is 4.79 Å². The number of H-pyrrole nitrogens is 1. The van der Waals surface area contributed by atoms with E-state index in [1.165, 1.54) is 6.20 Å². The zero-order valence-electron chi connectivity index (χ0n) is 7.49. The average Bonchev–Trinajstić information content (AvgIpc) is 2.19. The van der Waals surface area contributed by atoms with Crippen molar-refractivity contribution in [3.63, 3.8) is 0 Å². The van der Waals surface area contributed by atoms with E-state index in [0.717, 1.165) is 0 Å². The highest BCUT2D eigenvalue weighted by molar-refractivity contribution is 9.09. The molecular formula is C7H7BrN6O. The first-order valence-electron chi connectivity index (χ1n) is 4.03. The third-order valence-electron chi connectivity index (χ3n) is 1.68. The Morgan fingerprint density at radius 1 is 1.53 bits per heavy atom. The maximum Gasteiger partial charge on any atom is 0.280 e. The number of aromatic nitrogens is 4. The fraction of sp³-hybridized carbons (Fsp3) is 0.143. The lowest BCUT2D eigenvalue weighted by atomic mass is 10.5. The highest BCUT2D eigenvalue weighted by Gasteiger charge is 2.05. The van der Waals surface area contributed by atoms with Crippen molar-refractivity contribution in [2.24, 2.45) is 0 Å². The van der Waals surface area contributed by atoms with Gasteiger partial charge in [0.05, 0.1) is 11.7 Å². The highest BCUT2D eigenvalue weighted by atomic mass is 79.9. The van der Waals surface area contributed by atoms with Gasteiger partial charge in [-0.1, -0.05) is 15.9 Å². The molecule has 0 atom stereocenters. The summed E-state index contributed by atoms with van der Waals surface area (Å²) in [5.41, 5.74) is 5.88. The van der Waals surface area contributed by atoms with Crippen molar-refractivity contribution in [1.29, 1.82) is 0 Å². The van der Waals surface area contributed by atoms with E-state index in [4.69, 9.17) is 5.73 Å². The predicted molar refractivity (Wildman–Crippen MR) is 59.8 cm³/mol. The van der Waals surface area contributed by atoms with Crippen LogP contribution in [0.1, 0.15) is 0 Å². The zero-order chi connectivity index (χ0) is 10.8. The molecule has 15 heavy (non-hydrogen) atoms. The van der Waals surface area contributed by atoms with Gasteiger partial charge in [0.15, 0.2) is 11.2 Å². The molecule has 0 aliphatic heterocycles. The number of anilines is 2. The molecule has 4 N–H and O–H groups in total. The van der Waals surface area contributed by atoms with Gasteiger partial charge >= 0.3 is 0 Å². The van der Waals surface area contributed by atoms with E-state index in [1.807, 2.05) is 0 Å². The average molecular weight is 271 g/mol. The maximum atomic E-state index is 11.4. The van der Waals surface area contributed by atoms with Crippen molar-refractivity contribution in [1.82, 2.24) is 19.9 Å². The number of nitrogens with zero attached hydrogens (tertiary/aromatic N) is 3. The Morgan fingerprint density at radius 2 is 2.33 bits per heavy atom. The van der Waals surface area contributed by atoms with E-state index >= 15 is 0 Å². The largest absolute Gasteiger partial charge is 0.369 e. The first-order chi connectivity index (χ1) is 7.20. The molecule has 0 saturated carbocycles. The summed E-state index contributed by atoms with van der Waals surface area (Å²) < 4.78 is 0. The van der Waals surface area contributed by atoms with Crippen molar-refractivity contribution >= 4 is 38.9 Å². The number of nitrogen functional groups attached to an aromatic ring is 1. The molecule has 2 rings (SSSR count). The van der Waals surface area contributed by atoms with Crippen LogP contribution in [-0.4, -0.2) is 25.4 Å². The summed E-state index contributed by atoms with van der Waals surface area (Å²) in [6, 6.07) is 0. The fourth-order valence-corrected chi connectivity index (χ4v) is 1.38. The Labute approximate surface area is 92.3 Å². The first kappa shape index (κ1) is 9.84. The van der Waals surface area contributed by atoms with Crippen molar-refractivity contribution in [3.8, 4) is 0 Å². The molecule has 78 valence electrons. The van der Waals surface area contributed by atoms with Gasteiger partial charge in [0.25, 0.3) is 5.56 Å². The molecule has 0 aliphatic carbocycles. The van der Waals surface area contributed by atoms with Gasteiger partial charge in [-0.15, -0.1) is 0 Å². The zero-order valence-corrected chi connectivity index (χ0v) is 9.08. The molecule has 2 heterocycles. The van der Waals surface area contributed by atoms with E-state index in [-0.39, 0.29) is 17.1 Å². The Bertz CT molecular complexity index is 553. The number of hydrogen-bond donors (Lipinski definition) is 3. The summed E-state index contributed by atoms with van der Waals surface area (Å²) >= 11 is 3.18. The normalized spacial score (nSPS) is 10.5. The SMILES string of the molecule is Nc1nc2ncc(NCBr)nc2c(=O)[nH]1. The van der Waals surface area contributed by atoms with Crippen molar-refractivity contribution in [3.05, 3.63) is 16.6 Å². The fourth-order valence-electron chi connectivity index (χ4n) is 1.09. The number of nitrogens with one attached hydrogen (secondary N) is 2. The third kappa shape index (κ3) is 1.89. The van der Waals surface area contributed by atoms with Crippen molar-refractivity contribution < 1.29 is 0 Å². The van der Waals surface area contributed by atoms with Crippen LogP contribution in [0, 0.1) is 0 Å². The van der Waals surface area contributed by atoms with Crippen LogP contribution >= 0.6 is 15.9 Å². The van der Waals surface area contributed by atoms with Crippen LogP contribution in [0.4, 0.5) is 11.8 Å². The molecule has 7 nitrogen and oxygen atoms in total. The minimum atomic E-state index is -0.400. The van der Waals surface area contributed by atoms with Gasteiger partial charge in [-0.2, -0.15) is 4.98 Å². The Hall–Kier alpha value is -1.70.